The highest BCUT2D eigenvalue weighted by Crippen LogP contribution is 2.40. The van der Waals surface area contributed by atoms with Gasteiger partial charge in [0.1, 0.15) is 35.6 Å². The summed E-state index contributed by atoms with van der Waals surface area (Å²) in [5.74, 6) is -0.323. The predicted molar refractivity (Wildman–Crippen MR) is 311 cm³/mol. The fourth-order valence-corrected chi connectivity index (χ4v) is 12.7. The average molecular weight is 1140 g/mol. The molecule has 6 heterocycles. The number of aromatic nitrogens is 4. The summed E-state index contributed by atoms with van der Waals surface area (Å²) < 4.78 is 7.71. The summed E-state index contributed by atoms with van der Waals surface area (Å²) in [4.78, 5) is 85.6. The Morgan fingerprint density at radius 2 is 1.48 bits per heavy atom. The number of ether oxygens (including phenoxy) is 1. The Morgan fingerprint density at radius 3 is 2.12 bits per heavy atom. The molecule has 18 nitrogen and oxygen atoms in total. The SMILES string of the molecule is Cc1ncsc1-c1ccc([C@H](C)NC(=O)[C@@H]2C[C@@H](O)CN2C(=O)C(NC(=O)COCCC(=O)N2CCN(c3ccc([C@H](C)NC(=O)C[C@@H]4N=C(c5ccc(Cl)cc5)c5c(sc(C)c5C)-n5c(C)nnc54)cc3)CC2)C(C)(C)C)cc1. The van der Waals surface area contributed by atoms with Crippen molar-refractivity contribution in [3.8, 4) is 15.4 Å². The first kappa shape index (κ1) is 57.8. The molecule has 0 aliphatic carbocycles. The number of halogens is 1. The maximum Gasteiger partial charge on any atom is 0.246 e. The number of benzene rings is 3. The van der Waals surface area contributed by atoms with Gasteiger partial charge in [0, 0.05) is 65.9 Å². The van der Waals surface area contributed by atoms with E-state index in [0.717, 1.165) is 66.2 Å². The minimum Gasteiger partial charge on any atom is -0.391 e. The molecule has 1 unspecified atom stereocenters. The maximum atomic E-state index is 14.2. The van der Waals surface area contributed by atoms with Gasteiger partial charge in [0.25, 0.3) is 0 Å². The fourth-order valence-electron chi connectivity index (χ4n) is 10.6. The highest BCUT2D eigenvalue weighted by atomic mass is 35.5. The van der Waals surface area contributed by atoms with Gasteiger partial charge < -0.3 is 40.5 Å². The molecule has 3 aliphatic rings. The van der Waals surface area contributed by atoms with Crippen LogP contribution >= 0.6 is 34.3 Å². The number of hydrogen-bond acceptors (Lipinski definition) is 14. The van der Waals surface area contributed by atoms with Gasteiger partial charge in [-0.05, 0) is 93.5 Å². The van der Waals surface area contributed by atoms with E-state index in [0.29, 0.717) is 37.0 Å². The summed E-state index contributed by atoms with van der Waals surface area (Å²) in [5.41, 5.74) is 9.69. The molecule has 0 spiro atoms. The Labute approximate surface area is 480 Å². The molecule has 0 bridgehead atoms. The van der Waals surface area contributed by atoms with Crippen molar-refractivity contribution < 1.29 is 33.8 Å². The van der Waals surface area contributed by atoms with Crippen molar-refractivity contribution >= 4 is 75.2 Å². The number of fused-ring (bicyclic) bond motifs is 3. The zero-order valence-electron chi connectivity index (χ0n) is 46.7. The van der Waals surface area contributed by atoms with Crippen LogP contribution in [0.15, 0.2) is 83.3 Å². The molecule has 21 heteroatoms. The number of aliphatic hydroxyl groups excluding tert-OH is 1. The van der Waals surface area contributed by atoms with Gasteiger partial charge in [0.05, 0.1) is 59.4 Å². The van der Waals surface area contributed by atoms with Crippen LogP contribution in [0.5, 0.6) is 0 Å². The highest BCUT2D eigenvalue weighted by molar-refractivity contribution is 7.15. The number of rotatable bonds is 17. The van der Waals surface area contributed by atoms with E-state index in [1.54, 1.807) is 27.6 Å². The Bertz CT molecular complexity index is 3270. The second kappa shape index (κ2) is 24.5. The Balaban J connectivity index is 0.719. The van der Waals surface area contributed by atoms with E-state index in [1.165, 1.54) is 9.78 Å². The minimum absolute atomic E-state index is 0.0119. The molecule has 3 aromatic carbocycles. The summed E-state index contributed by atoms with van der Waals surface area (Å²) in [7, 11) is 0. The highest BCUT2D eigenvalue weighted by Gasteiger charge is 2.45. The number of aryl methyl sites for hydroxylation is 3. The largest absolute Gasteiger partial charge is 0.391 e. The van der Waals surface area contributed by atoms with Crippen molar-refractivity contribution in [1.29, 1.82) is 0 Å². The number of nitrogens with zero attached hydrogens (tertiary/aromatic N) is 8. The number of thiazole rings is 1. The maximum absolute atomic E-state index is 14.2. The lowest BCUT2D eigenvalue weighted by Gasteiger charge is -2.36. The number of hydrogen-bond donors (Lipinski definition) is 4. The molecule has 0 saturated carbocycles. The van der Waals surface area contributed by atoms with Crippen molar-refractivity contribution in [2.24, 2.45) is 10.4 Å². The third-order valence-corrected chi connectivity index (χ3v) is 17.7. The van der Waals surface area contributed by atoms with Crippen molar-refractivity contribution in [2.75, 3.05) is 50.8 Å². The topological polar surface area (TPSA) is 217 Å². The predicted octanol–water partition coefficient (Wildman–Crippen LogP) is 7.92. The number of likely N-dealkylation sites (tertiary alicyclic amines) is 1. The van der Waals surface area contributed by atoms with Crippen molar-refractivity contribution in [1.82, 2.24) is 45.5 Å². The second-order valence-electron chi connectivity index (χ2n) is 22.0. The monoisotopic (exact) mass is 1140 g/mol. The van der Waals surface area contributed by atoms with E-state index in [-0.39, 0.29) is 62.9 Å². The van der Waals surface area contributed by atoms with Gasteiger partial charge in [-0.2, -0.15) is 0 Å². The summed E-state index contributed by atoms with van der Waals surface area (Å²) in [6, 6.07) is 20.4. The number of carbonyl (C=O) groups excluding carboxylic acids is 5. The number of β-amino-alcohol motifs (C(OH)–C–C–N with tert-alkyl or cyclic N) is 1. The van der Waals surface area contributed by atoms with E-state index in [1.807, 2.05) is 131 Å². The molecule has 9 rings (SSSR count). The van der Waals surface area contributed by atoms with Crippen LogP contribution in [-0.2, 0) is 28.7 Å². The lowest BCUT2D eigenvalue weighted by Crippen LogP contribution is -2.58. The van der Waals surface area contributed by atoms with Crippen LogP contribution in [0.25, 0.3) is 15.4 Å². The molecule has 4 N–H and O–H groups in total. The van der Waals surface area contributed by atoms with Gasteiger partial charge in [0.15, 0.2) is 5.82 Å². The first-order chi connectivity index (χ1) is 38.1. The first-order valence-electron chi connectivity index (χ1n) is 27.1. The molecule has 422 valence electrons. The summed E-state index contributed by atoms with van der Waals surface area (Å²) >= 11 is 9.52. The molecular weight excluding hydrogens is 1070 g/mol. The molecule has 3 aromatic heterocycles. The van der Waals surface area contributed by atoms with Crippen LogP contribution in [0.4, 0.5) is 5.69 Å². The number of nitrogens with one attached hydrogen (secondary N) is 3. The first-order valence-corrected chi connectivity index (χ1v) is 29.2. The van der Waals surface area contributed by atoms with E-state index >= 15 is 0 Å². The molecular formula is C59H70ClN11O7S2. The van der Waals surface area contributed by atoms with E-state index < -0.39 is 47.4 Å². The number of aliphatic imine (C=N–C) groups is 1. The van der Waals surface area contributed by atoms with Crippen molar-refractivity contribution in [2.45, 2.75) is 118 Å². The van der Waals surface area contributed by atoms with Crippen molar-refractivity contribution in [3.05, 3.63) is 133 Å². The number of piperazine rings is 1. The third kappa shape index (κ3) is 12.8. The van der Waals surface area contributed by atoms with Gasteiger partial charge in [-0.25, -0.2) is 4.98 Å². The zero-order valence-corrected chi connectivity index (χ0v) is 49.1. The lowest BCUT2D eigenvalue weighted by atomic mass is 9.85. The van der Waals surface area contributed by atoms with E-state index in [4.69, 9.17) is 21.3 Å². The molecule has 80 heavy (non-hydrogen) atoms. The average Bonchev–Trinajstić information content (AvgIpc) is 4.29. The summed E-state index contributed by atoms with van der Waals surface area (Å²) in [5, 5.41) is 30.3. The minimum atomic E-state index is -1.02. The molecule has 6 atom stereocenters. The lowest BCUT2D eigenvalue weighted by molar-refractivity contribution is -0.144. The van der Waals surface area contributed by atoms with Gasteiger partial charge >= 0.3 is 0 Å². The van der Waals surface area contributed by atoms with E-state index in [2.05, 4.69) is 49.9 Å². The third-order valence-electron chi connectivity index (χ3n) is 15.3. The molecule has 2 fully saturated rings. The van der Waals surface area contributed by atoms with Gasteiger partial charge in [0.2, 0.25) is 29.5 Å². The normalized spacial score (nSPS) is 18.4. The number of thiophene rings is 1. The molecule has 0 radical (unpaired) electrons. The van der Waals surface area contributed by atoms with Gasteiger partial charge in [-0.1, -0.05) is 80.9 Å². The molecule has 6 aromatic rings. The van der Waals surface area contributed by atoms with Crippen LogP contribution in [0.3, 0.4) is 0 Å². The quantitative estimate of drug-likeness (QED) is 0.0644. The van der Waals surface area contributed by atoms with Crippen molar-refractivity contribution in [3.63, 3.8) is 0 Å². The molecule has 3 aliphatic heterocycles. The van der Waals surface area contributed by atoms with Crippen LogP contribution in [-0.4, -0.2) is 134 Å². The standard InChI is InChI=1S/C59H70ClN11O7S2/c1-33-37(5)80-58-51(33)52(41-14-18-43(60)19-15-41)64-46(55-67-66-38(6)71(55)58)29-48(73)62-34(2)40-16-20-44(21-17-40)68-23-25-69(26-24-68)50(75)22-27-78-31-49(74)65-54(59(7,8)9)57(77)70-30-45(72)28-47(70)56(76)63-35(3)39-10-12-42(13-11-39)53-36(4)61-32-79-53/h10-21,32,34-35,45-47,54,72H,22-31H2,1-9H3,(H,62,73)(H,63,76)(H,65,74)/t34-,35-,45+,46-,47-,54?/m0/s1. The van der Waals surface area contributed by atoms with Crippen LogP contribution in [0, 0.1) is 33.1 Å². The summed E-state index contributed by atoms with van der Waals surface area (Å²) in [6.07, 6.45) is -0.695. The molecule has 5 amide bonds. The van der Waals surface area contributed by atoms with Crippen LogP contribution in [0.1, 0.15) is 122 Å². The van der Waals surface area contributed by atoms with Crippen LogP contribution in [0.2, 0.25) is 5.02 Å². The zero-order chi connectivity index (χ0) is 57.2. The Hall–Kier alpha value is -6.84. The van der Waals surface area contributed by atoms with Gasteiger partial charge in [-0.15, -0.1) is 32.9 Å². The second-order valence-corrected chi connectivity index (χ2v) is 24.5. The number of carbonyl (C=O) groups is 5. The van der Waals surface area contributed by atoms with E-state index in [9.17, 15) is 29.1 Å². The Kier molecular flexibility index (Phi) is 17.7. The molecule has 2 saturated heterocycles. The summed E-state index contributed by atoms with van der Waals surface area (Å²) in [6.45, 7) is 19.2. The number of amides is 5. The Morgan fingerprint density at radius 1 is 0.825 bits per heavy atom. The number of anilines is 1. The van der Waals surface area contributed by atoms with Crippen LogP contribution < -0.4 is 20.9 Å². The number of aliphatic hydroxyl groups is 1. The smallest absolute Gasteiger partial charge is 0.246 e. The fraction of sp³-hybridized carbons (Fsp3) is 0.441. The van der Waals surface area contributed by atoms with Gasteiger partial charge in [-0.3, -0.25) is 33.5 Å².